The zero-order chi connectivity index (χ0) is 18.8. The van der Waals surface area contributed by atoms with E-state index in [0.717, 1.165) is 0 Å². The van der Waals surface area contributed by atoms with Gasteiger partial charge in [-0.1, -0.05) is 13.8 Å². The Labute approximate surface area is 142 Å². The minimum atomic E-state index is -2.81. The lowest BCUT2D eigenvalue weighted by atomic mass is 9.73. The Morgan fingerprint density at radius 1 is 1.33 bits per heavy atom. The Balaban J connectivity index is 2.67. The summed E-state index contributed by atoms with van der Waals surface area (Å²) in [6.07, 6.45) is -2.26. The van der Waals surface area contributed by atoms with Gasteiger partial charge in [0.15, 0.2) is 6.30 Å². The van der Waals surface area contributed by atoms with Crippen LogP contribution >= 0.6 is 0 Å². The Kier molecular flexibility index (Phi) is 6.55. The van der Waals surface area contributed by atoms with Crippen molar-refractivity contribution in [2.75, 3.05) is 13.6 Å². The van der Waals surface area contributed by atoms with Crippen LogP contribution in [0.15, 0.2) is 0 Å². The maximum Gasteiger partial charge on any atom is 0.410 e. The third-order valence-electron chi connectivity index (χ3n) is 4.06. The van der Waals surface area contributed by atoms with Crippen molar-refractivity contribution in [3.05, 3.63) is 0 Å². The second kappa shape index (κ2) is 7.47. The molecule has 0 aromatic heterocycles. The van der Waals surface area contributed by atoms with E-state index in [1.807, 2.05) is 6.92 Å². The van der Waals surface area contributed by atoms with Crippen LogP contribution in [0, 0.1) is 5.92 Å². The van der Waals surface area contributed by atoms with E-state index >= 15 is 0 Å². The first-order valence-corrected chi connectivity index (χ1v) is 8.28. The van der Waals surface area contributed by atoms with Gasteiger partial charge in [-0.2, -0.15) is 0 Å². The fourth-order valence-corrected chi connectivity index (χ4v) is 2.61. The SMILES string of the molecule is CCC(C)[C@@H](F)NNC1(CN(C)C(=O)OC(C)(C)C)CC(F)(F)C1. The minimum Gasteiger partial charge on any atom is -0.444 e. The lowest BCUT2D eigenvalue weighted by molar-refractivity contribution is -0.146. The maximum atomic E-state index is 13.9. The molecule has 0 spiro atoms. The number of likely N-dealkylation sites (N-methyl/N-ethyl adjacent to an activating group) is 1. The molecule has 0 bridgehead atoms. The second-order valence-electron chi connectivity index (χ2n) is 7.88. The molecule has 0 radical (unpaired) electrons. The van der Waals surface area contributed by atoms with Crippen LogP contribution in [0.2, 0.25) is 0 Å². The van der Waals surface area contributed by atoms with Crippen LogP contribution in [0.5, 0.6) is 0 Å². The number of ether oxygens (including phenoxy) is 1. The predicted octanol–water partition coefficient (Wildman–Crippen LogP) is 3.46. The van der Waals surface area contributed by atoms with Crippen molar-refractivity contribution in [2.24, 2.45) is 5.92 Å². The summed E-state index contributed by atoms with van der Waals surface area (Å²) in [7, 11) is 1.48. The van der Waals surface area contributed by atoms with E-state index < -0.39 is 42.3 Å². The summed E-state index contributed by atoms with van der Waals surface area (Å²) in [5.74, 6) is -3.07. The van der Waals surface area contributed by atoms with Gasteiger partial charge in [-0.05, 0) is 27.2 Å². The van der Waals surface area contributed by atoms with Crippen LogP contribution in [-0.2, 0) is 4.74 Å². The van der Waals surface area contributed by atoms with Gasteiger partial charge in [-0.3, -0.25) is 0 Å². The minimum absolute atomic E-state index is 0.00225. The number of hydrazine groups is 1. The highest BCUT2D eigenvalue weighted by molar-refractivity contribution is 5.67. The predicted molar refractivity (Wildman–Crippen MR) is 86.4 cm³/mol. The summed E-state index contributed by atoms with van der Waals surface area (Å²) in [6, 6.07) is 0. The number of carbonyl (C=O) groups is 1. The molecule has 1 aliphatic rings. The molecule has 2 atom stereocenters. The fraction of sp³-hybridized carbons (Fsp3) is 0.938. The molecular weight excluding hydrogens is 323 g/mol. The average Bonchev–Trinajstić information content (AvgIpc) is 2.39. The molecule has 0 aromatic rings. The zero-order valence-corrected chi connectivity index (χ0v) is 15.4. The quantitative estimate of drug-likeness (QED) is 0.544. The number of hydrogen-bond donors (Lipinski definition) is 2. The first-order valence-electron chi connectivity index (χ1n) is 8.28. The van der Waals surface area contributed by atoms with Crippen LogP contribution in [0.4, 0.5) is 18.0 Å². The number of amides is 1. The third-order valence-corrected chi connectivity index (χ3v) is 4.06. The summed E-state index contributed by atoms with van der Waals surface area (Å²) in [5.41, 5.74) is 3.43. The van der Waals surface area contributed by atoms with Gasteiger partial charge >= 0.3 is 6.09 Å². The third kappa shape index (κ3) is 6.12. The molecule has 1 saturated carbocycles. The summed E-state index contributed by atoms with van der Waals surface area (Å²) in [5, 5.41) is 0. The molecule has 1 rings (SSSR count). The van der Waals surface area contributed by atoms with E-state index in [4.69, 9.17) is 4.74 Å². The van der Waals surface area contributed by atoms with Crippen molar-refractivity contribution < 1.29 is 22.7 Å². The molecule has 5 nitrogen and oxygen atoms in total. The lowest BCUT2D eigenvalue weighted by Gasteiger charge is -2.49. The zero-order valence-electron chi connectivity index (χ0n) is 15.4. The molecule has 0 aromatic carbocycles. The highest BCUT2D eigenvalue weighted by Crippen LogP contribution is 2.45. The highest BCUT2D eigenvalue weighted by Gasteiger charge is 2.57. The lowest BCUT2D eigenvalue weighted by Crippen LogP contribution is -2.69. The van der Waals surface area contributed by atoms with Gasteiger partial charge in [0.1, 0.15) is 5.60 Å². The van der Waals surface area contributed by atoms with Crippen LogP contribution < -0.4 is 10.9 Å². The molecule has 1 unspecified atom stereocenters. The smallest absolute Gasteiger partial charge is 0.410 e. The van der Waals surface area contributed by atoms with Crippen LogP contribution in [0.25, 0.3) is 0 Å². The van der Waals surface area contributed by atoms with Gasteiger partial charge in [-0.25, -0.2) is 28.8 Å². The second-order valence-corrected chi connectivity index (χ2v) is 7.88. The normalized spacial score (nSPS) is 21.5. The van der Waals surface area contributed by atoms with Gasteiger partial charge in [0.25, 0.3) is 5.92 Å². The highest BCUT2D eigenvalue weighted by atomic mass is 19.3. The Bertz CT molecular complexity index is 433. The topological polar surface area (TPSA) is 53.6 Å². The number of rotatable bonds is 7. The molecule has 142 valence electrons. The molecule has 1 fully saturated rings. The monoisotopic (exact) mass is 353 g/mol. The largest absolute Gasteiger partial charge is 0.444 e. The van der Waals surface area contributed by atoms with E-state index in [-0.39, 0.29) is 12.5 Å². The standard InChI is InChI=1S/C16H30F3N3O2/c1-7-11(2)12(17)20-21-15(8-16(18,19)9-15)10-22(6)13(23)24-14(3,4)5/h11-12,20-21H,7-10H2,1-6H3/t11?,12-/m0/s1. The Morgan fingerprint density at radius 3 is 2.29 bits per heavy atom. The van der Waals surface area contributed by atoms with Crippen molar-refractivity contribution in [2.45, 2.75) is 77.2 Å². The van der Waals surface area contributed by atoms with Gasteiger partial charge in [0.2, 0.25) is 0 Å². The van der Waals surface area contributed by atoms with E-state index in [2.05, 4.69) is 10.9 Å². The fourth-order valence-electron chi connectivity index (χ4n) is 2.61. The van der Waals surface area contributed by atoms with Gasteiger partial charge in [-0.15, -0.1) is 0 Å². The molecule has 0 heterocycles. The molecule has 1 aliphatic carbocycles. The number of alkyl halides is 3. The number of hydrogen-bond acceptors (Lipinski definition) is 4. The summed E-state index contributed by atoms with van der Waals surface area (Å²) in [4.78, 5) is 13.3. The molecule has 24 heavy (non-hydrogen) atoms. The number of nitrogens with one attached hydrogen (secondary N) is 2. The van der Waals surface area contributed by atoms with Crippen LogP contribution in [0.1, 0.15) is 53.9 Å². The van der Waals surface area contributed by atoms with Crippen molar-refractivity contribution in [1.82, 2.24) is 15.8 Å². The maximum absolute atomic E-state index is 13.9. The van der Waals surface area contributed by atoms with Crippen molar-refractivity contribution >= 4 is 6.09 Å². The first kappa shape index (κ1) is 21.0. The number of nitrogens with zero attached hydrogens (tertiary/aromatic N) is 1. The van der Waals surface area contributed by atoms with Crippen LogP contribution in [0.3, 0.4) is 0 Å². The number of halogens is 3. The molecule has 0 aliphatic heterocycles. The molecular formula is C16H30F3N3O2. The van der Waals surface area contributed by atoms with Gasteiger partial charge in [0.05, 0.1) is 5.54 Å². The van der Waals surface area contributed by atoms with Crippen molar-refractivity contribution in [3.63, 3.8) is 0 Å². The Morgan fingerprint density at radius 2 is 1.88 bits per heavy atom. The van der Waals surface area contributed by atoms with E-state index in [9.17, 15) is 18.0 Å². The molecule has 1 amide bonds. The summed E-state index contributed by atoms with van der Waals surface area (Å²) in [6.45, 7) is 8.76. The van der Waals surface area contributed by atoms with Gasteiger partial charge < -0.3 is 9.64 Å². The summed E-state index contributed by atoms with van der Waals surface area (Å²) < 4.78 is 46.0. The van der Waals surface area contributed by atoms with Gasteiger partial charge in [0, 0.05) is 32.4 Å². The van der Waals surface area contributed by atoms with Crippen molar-refractivity contribution in [1.29, 1.82) is 0 Å². The van der Waals surface area contributed by atoms with Crippen LogP contribution in [-0.4, -0.2) is 47.9 Å². The molecule has 0 saturated heterocycles. The van der Waals surface area contributed by atoms with Crippen molar-refractivity contribution in [3.8, 4) is 0 Å². The summed E-state index contributed by atoms with van der Waals surface area (Å²) >= 11 is 0. The molecule has 8 heteroatoms. The average molecular weight is 353 g/mol. The van der Waals surface area contributed by atoms with E-state index in [1.54, 1.807) is 27.7 Å². The van der Waals surface area contributed by atoms with E-state index in [0.29, 0.717) is 6.42 Å². The van der Waals surface area contributed by atoms with E-state index in [1.165, 1.54) is 11.9 Å². The molecule has 2 N–H and O–H groups in total. The Hall–Kier alpha value is -1.02. The first-order chi connectivity index (χ1) is 10.8. The number of carbonyl (C=O) groups excluding carboxylic acids is 1.